The van der Waals surface area contributed by atoms with Crippen LogP contribution in [0.4, 0.5) is 5.13 Å². The highest BCUT2D eigenvalue weighted by Gasteiger charge is 2.48. The van der Waals surface area contributed by atoms with Gasteiger partial charge in [0.1, 0.15) is 5.76 Å². The minimum Gasteiger partial charge on any atom is -0.507 e. The van der Waals surface area contributed by atoms with Crippen LogP contribution in [-0.4, -0.2) is 21.8 Å². The van der Waals surface area contributed by atoms with Crippen molar-refractivity contribution < 1.29 is 14.7 Å². The van der Waals surface area contributed by atoms with Crippen molar-refractivity contribution in [1.29, 1.82) is 0 Å². The second kappa shape index (κ2) is 7.98. The third-order valence-electron chi connectivity index (χ3n) is 5.91. The number of fused-ring (bicyclic) bond motifs is 1. The summed E-state index contributed by atoms with van der Waals surface area (Å²) in [5.41, 5.74) is 5.30. The van der Waals surface area contributed by atoms with Gasteiger partial charge >= 0.3 is 5.91 Å². The molecule has 1 aliphatic rings. The summed E-state index contributed by atoms with van der Waals surface area (Å²) < 4.78 is 0.954. The maximum atomic E-state index is 13.3. The van der Waals surface area contributed by atoms with Gasteiger partial charge in [-0.15, -0.1) is 0 Å². The van der Waals surface area contributed by atoms with E-state index in [0.29, 0.717) is 10.7 Å². The smallest absolute Gasteiger partial charge is 0.301 e. The van der Waals surface area contributed by atoms with Crippen molar-refractivity contribution in [2.45, 2.75) is 26.8 Å². The van der Waals surface area contributed by atoms with Crippen molar-refractivity contribution in [3.8, 4) is 0 Å². The average Bonchev–Trinajstić information content (AvgIpc) is 3.33. The molecule has 4 aromatic rings. The first-order valence-electron chi connectivity index (χ1n) is 10.7. The van der Waals surface area contributed by atoms with Crippen molar-refractivity contribution in [2.24, 2.45) is 0 Å². The Kier molecular flexibility index (Phi) is 5.10. The van der Waals surface area contributed by atoms with Crippen LogP contribution in [0.1, 0.15) is 33.9 Å². The summed E-state index contributed by atoms with van der Waals surface area (Å²) in [4.78, 5) is 32.8. The first-order chi connectivity index (χ1) is 15.8. The molecule has 1 amide bonds. The number of nitrogens with zero attached hydrogens (tertiary/aromatic N) is 2. The number of hydrogen-bond acceptors (Lipinski definition) is 5. The van der Waals surface area contributed by atoms with Crippen molar-refractivity contribution in [3.05, 3.63) is 100 Å². The van der Waals surface area contributed by atoms with Gasteiger partial charge in [0.15, 0.2) is 5.13 Å². The van der Waals surface area contributed by atoms with Gasteiger partial charge < -0.3 is 5.11 Å². The number of Topliss-reactive ketones (excluding diaryl/α,β-unsaturated/α-hetero) is 1. The highest BCUT2D eigenvalue weighted by Crippen LogP contribution is 2.44. The molecule has 3 aromatic carbocycles. The Bertz CT molecular complexity index is 1440. The first kappa shape index (κ1) is 21.1. The van der Waals surface area contributed by atoms with E-state index < -0.39 is 17.7 Å². The van der Waals surface area contributed by atoms with Gasteiger partial charge in [-0.05, 0) is 43.5 Å². The van der Waals surface area contributed by atoms with Crippen LogP contribution in [0, 0.1) is 20.8 Å². The number of hydrogen-bond donors (Lipinski definition) is 1. The lowest BCUT2D eigenvalue weighted by Crippen LogP contribution is -2.29. The van der Waals surface area contributed by atoms with Crippen molar-refractivity contribution >= 4 is 44.1 Å². The molecule has 2 heterocycles. The van der Waals surface area contributed by atoms with E-state index in [0.717, 1.165) is 32.5 Å². The Morgan fingerprint density at radius 2 is 1.64 bits per heavy atom. The molecule has 33 heavy (non-hydrogen) atoms. The summed E-state index contributed by atoms with van der Waals surface area (Å²) >= 11 is 1.38. The molecule has 1 saturated heterocycles. The summed E-state index contributed by atoms with van der Waals surface area (Å²) in [6, 6.07) is 19.8. The predicted molar refractivity (Wildman–Crippen MR) is 131 cm³/mol. The second-order valence-corrected chi connectivity index (χ2v) is 9.38. The molecule has 1 fully saturated rings. The molecule has 0 radical (unpaired) electrons. The van der Waals surface area contributed by atoms with E-state index in [9.17, 15) is 14.7 Å². The molecule has 5 rings (SSSR count). The molecule has 1 unspecified atom stereocenters. The van der Waals surface area contributed by atoms with Crippen molar-refractivity contribution in [1.82, 2.24) is 4.98 Å². The van der Waals surface area contributed by atoms with Crippen LogP contribution < -0.4 is 4.90 Å². The number of anilines is 1. The van der Waals surface area contributed by atoms with Crippen LogP contribution in [0.5, 0.6) is 0 Å². The van der Waals surface area contributed by atoms with Crippen LogP contribution in [0.25, 0.3) is 16.0 Å². The standard InChI is InChI=1S/C27H22N2O3S/c1-15-9-11-18(12-10-15)23-21(24(30)19-7-5-4-6-8-19)25(31)26(32)29(23)27-28-22-17(3)13-16(2)14-20(22)33-27/h4-14,23,30H,1-3H3. The Morgan fingerprint density at radius 3 is 2.33 bits per heavy atom. The highest BCUT2D eigenvalue weighted by molar-refractivity contribution is 7.22. The van der Waals surface area contributed by atoms with Crippen LogP contribution in [0.3, 0.4) is 0 Å². The van der Waals surface area contributed by atoms with E-state index >= 15 is 0 Å². The third kappa shape index (κ3) is 3.52. The minimum atomic E-state index is -0.771. The lowest BCUT2D eigenvalue weighted by Gasteiger charge is -2.23. The number of ketones is 1. The monoisotopic (exact) mass is 454 g/mol. The number of carbonyl (C=O) groups is 2. The Hall–Kier alpha value is -3.77. The van der Waals surface area contributed by atoms with Gasteiger partial charge in [-0.1, -0.05) is 77.6 Å². The van der Waals surface area contributed by atoms with Crippen molar-refractivity contribution in [3.63, 3.8) is 0 Å². The zero-order valence-corrected chi connectivity index (χ0v) is 19.3. The van der Waals surface area contributed by atoms with Gasteiger partial charge in [0.25, 0.3) is 5.78 Å². The van der Waals surface area contributed by atoms with Crippen LogP contribution in [0.15, 0.2) is 72.3 Å². The van der Waals surface area contributed by atoms with Gasteiger partial charge in [0.05, 0.1) is 21.8 Å². The number of rotatable bonds is 3. The molecule has 0 saturated carbocycles. The van der Waals surface area contributed by atoms with E-state index in [1.54, 1.807) is 24.3 Å². The number of carbonyl (C=O) groups excluding carboxylic acids is 2. The first-order valence-corrected chi connectivity index (χ1v) is 11.5. The van der Waals surface area contributed by atoms with Gasteiger partial charge in [-0.25, -0.2) is 4.98 Å². The summed E-state index contributed by atoms with van der Waals surface area (Å²) in [6.07, 6.45) is 0. The molecule has 1 atom stereocenters. The van der Waals surface area contributed by atoms with E-state index in [1.165, 1.54) is 16.2 Å². The molecule has 1 aromatic heterocycles. The molecule has 0 bridgehead atoms. The summed E-state index contributed by atoms with van der Waals surface area (Å²) in [5, 5.41) is 11.6. The van der Waals surface area contributed by atoms with E-state index in [1.807, 2.05) is 63.2 Å². The summed E-state index contributed by atoms with van der Waals surface area (Å²) in [7, 11) is 0. The van der Waals surface area contributed by atoms with Crippen LogP contribution in [0.2, 0.25) is 0 Å². The normalized spacial score (nSPS) is 17.8. The SMILES string of the molecule is Cc1ccc(C2C(=C(O)c3ccccc3)C(=O)C(=O)N2c2nc3c(C)cc(C)cc3s2)cc1. The number of amides is 1. The summed E-state index contributed by atoms with van der Waals surface area (Å²) in [5.74, 6) is -1.59. The van der Waals surface area contributed by atoms with Gasteiger partial charge in [0, 0.05) is 5.56 Å². The number of aromatic nitrogens is 1. The minimum absolute atomic E-state index is 0.0715. The second-order valence-electron chi connectivity index (χ2n) is 8.37. The third-order valence-corrected chi connectivity index (χ3v) is 6.91. The van der Waals surface area contributed by atoms with E-state index in [-0.39, 0.29) is 11.3 Å². The number of aryl methyl sites for hydroxylation is 3. The number of benzene rings is 3. The maximum Gasteiger partial charge on any atom is 0.301 e. The molecular formula is C27H22N2O3S. The zero-order chi connectivity index (χ0) is 23.3. The fourth-order valence-corrected chi connectivity index (χ4v) is 5.48. The fourth-order valence-electron chi connectivity index (χ4n) is 4.31. The molecule has 1 N–H and O–H groups in total. The summed E-state index contributed by atoms with van der Waals surface area (Å²) in [6.45, 7) is 5.98. The Morgan fingerprint density at radius 1 is 0.939 bits per heavy atom. The largest absolute Gasteiger partial charge is 0.507 e. The Balaban J connectivity index is 1.75. The molecule has 164 valence electrons. The van der Waals surface area contributed by atoms with Crippen molar-refractivity contribution in [2.75, 3.05) is 4.90 Å². The lowest BCUT2D eigenvalue weighted by molar-refractivity contribution is -0.132. The van der Waals surface area contributed by atoms with E-state index in [4.69, 9.17) is 4.98 Å². The maximum absolute atomic E-state index is 13.3. The highest BCUT2D eigenvalue weighted by atomic mass is 32.1. The zero-order valence-electron chi connectivity index (χ0n) is 18.5. The van der Waals surface area contributed by atoms with Gasteiger partial charge in [0.2, 0.25) is 0 Å². The lowest BCUT2D eigenvalue weighted by atomic mass is 9.95. The van der Waals surface area contributed by atoms with Gasteiger partial charge in [-0.3, -0.25) is 14.5 Å². The number of aliphatic hydroxyl groups is 1. The molecule has 1 aliphatic heterocycles. The molecule has 0 spiro atoms. The molecular weight excluding hydrogens is 432 g/mol. The molecule has 0 aliphatic carbocycles. The van der Waals surface area contributed by atoms with Gasteiger partial charge in [-0.2, -0.15) is 0 Å². The molecule has 6 heteroatoms. The topological polar surface area (TPSA) is 70.5 Å². The fraction of sp³-hybridized carbons (Fsp3) is 0.148. The van der Waals surface area contributed by atoms with Crippen LogP contribution in [-0.2, 0) is 9.59 Å². The number of thiazole rings is 1. The average molecular weight is 455 g/mol. The van der Waals surface area contributed by atoms with Crippen LogP contribution >= 0.6 is 11.3 Å². The van der Waals surface area contributed by atoms with E-state index in [2.05, 4.69) is 0 Å². The Labute approximate surface area is 195 Å². The quantitative estimate of drug-likeness (QED) is 0.240. The molecule has 5 nitrogen and oxygen atoms in total. The predicted octanol–water partition coefficient (Wildman–Crippen LogP) is 5.85. The number of aliphatic hydroxyl groups excluding tert-OH is 1.